The number of nitrogens with one attached hydrogen (secondary N) is 3. The molecule has 1 aromatic rings. The predicted octanol–water partition coefficient (Wildman–Crippen LogP) is 0.0193. The van der Waals surface area contributed by atoms with E-state index in [1.165, 1.54) is 28.6 Å². The number of hydrogen-bond acceptors (Lipinski definition) is 6. The van der Waals surface area contributed by atoms with Gasteiger partial charge >= 0.3 is 0 Å². The Morgan fingerprint density at radius 3 is 2.39 bits per heavy atom. The molecule has 10 nitrogen and oxygen atoms in total. The molecule has 31 heavy (non-hydrogen) atoms. The van der Waals surface area contributed by atoms with E-state index >= 15 is 0 Å². The molecule has 0 bridgehead atoms. The zero-order valence-corrected chi connectivity index (χ0v) is 18.4. The molecule has 1 saturated carbocycles. The summed E-state index contributed by atoms with van der Waals surface area (Å²) in [6.07, 6.45) is 1.60. The number of amides is 3. The van der Waals surface area contributed by atoms with Crippen molar-refractivity contribution in [2.45, 2.75) is 37.6 Å². The quantitative estimate of drug-likeness (QED) is 0.500. The highest BCUT2D eigenvalue weighted by Gasteiger charge is 2.31. The summed E-state index contributed by atoms with van der Waals surface area (Å²) in [5.74, 6) is -1.70. The largest absolute Gasteiger partial charge is 0.379 e. The molecular formula is C20H28N4O6S. The highest BCUT2D eigenvalue weighted by molar-refractivity contribution is 7.89. The molecule has 3 N–H and O–H groups in total. The lowest BCUT2D eigenvalue weighted by Crippen LogP contribution is -2.54. The van der Waals surface area contributed by atoms with Gasteiger partial charge in [0.2, 0.25) is 15.9 Å². The van der Waals surface area contributed by atoms with E-state index in [2.05, 4.69) is 16.2 Å². The topological polar surface area (TPSA) is 134 Å². The van der Waals surface area contributed by atoms with E-state index in [0.717, 1.165) is 12.8 Å². The van der Waals surface area contributed by atoms with Gasteiger partial charge in [-0.25, -0.2) is 8.42 Å². The van der Waals surface area contributed by atoms with Crippen molar-refractivity contribution < 1.29 is 27.5 Å². The summed E-state index contributed by atoms with van der Waals surface area (Å²) in [5, 5.41) is 2.63. The molecule has 1 saturated heterocycles. The number of nitrogens with zero attached hydrogens (tertiary/aromatic N) is 1. The molecule has 1 aliphatic carbocycles. The van der Waals surface area contributed by atoms with E-state index in [0.29, 0.717) is 13.2 Å². The second-order valence-corrected chi connectivity index (χ2v) is 9.93. The Hall–Kier alpha value is -2.50. The van der Waals surface area contributed by atoms with Crippen molar-refractivity contribution in [3.8, 4) is 0 Å². The molecule has 2 fully saturated rings. The second kappa shape index (κ2) is 9.75. The molecule has 0 aromatic heterocycles. The minimum Gasteiger partial charge on any atom is -0.379 e. The third kappa shape index (κ3) is 5.81. The van der Waals surface area contributed by atoms with Crippen LogP contribution in [0.3, 0.4) is 0 Å². The predicted molar refractivity (Wildman–Crippen MR) is 111 cm³/mol. The summed E-state index contributed by atoms with van der Waals surface area (Å²) in [6.45, 7) is 4.66. The van der Waals surface area contributed by atoms with Gasteiger partial charge in [0.15, 0.2) is 0 Å². The standard InChI is InChI=1S/C20H28N4O6S/c1-13(2)17(20(27)23-22-19(26)14-6-7-14)21-18(25)15-4-3-5-16(12-15)31(28,29)24-8-10-30-11-9-24/h3-5,12-14,17H,6-11H2,1-2H3,(H,21,25)(H,22,26)(H,23,27)/t17-/m0/s1. The molecule has 1 aromatic carbocycles. The molecule has 1 aliphatic heterocycles. The molecule has 11 heteroatoms. The van der Waals surface area contributed by atoms with Crippen molar-refractivity contribution in [1.82, 2.24) is 20.5 Å². The van der Waals surface area contributed by atoms with Gasteiger partial charge in [-0.3, -0.25) is 25.2 Å². The van der Waals surface area contributed by atoms with Crippen molar-refractivity contribution in [3.63, 3.8) is 0 Å². The van der Waals surface area contributed by atoms with Crippen molar-refractivity contribution in [3.05, 3.63) is 29.8 Å². The molecule has 1 heterocycles. The Labute approximate surface area is 181 Å². The van der Waals surface area contributed by atoms with Gasteiger partial charge in [0, 0.05) is 24.6 Å². The maximum atomic E-state index is 12.8. The Morgan fingerprint density at radius 1 is 1.10 bits per heavy atom. The lowest BCUT2D eigenvalue weighted by atomic mass is 10.0. The number of sulfonamides is 1. The number of ether oxygens (including phenoxy) is 1. The Bertz CT molecular complexity index is 939. The van der Waals surface area contributed by atoms with E-state index in [9.17, 15) is 22.8 Å². The molecule has 170 valence electrons. The van der Waals surface area contributed by atoms with Crippen LogP contribution < -0.4 is 16.2 Å². The van der Waals surface area contributed by atoms with Gasteiger partial charge < -0.3 is 10.1 Å². The zero-order chi connectivity index (χ0) is 22.6. The second-order valence-electron chi connectivity index (χ2n) is 7.99. The smallest absolute Gasteiger partial charge is 0.261 e. The van der Waals surface area contributed by atoms with Gasteiger partial charge in [0.05, 0.1) is 18.1 Å². The first-order valence-electron chi connectivity index (χ1n) is 10.3. The molecular weight excluding hydrogens is 424 g/mol. The summed E-state index contributed by atoms with van der Waals surface area (Å²) in [5.41, 5.74) is 4.85. The van der Waals surface area contributed by atoms with E-state index in [4.69, 9.17) is 4.74 Å². The minimum absolute atomic E-state index is 0.00398. The van der Waals surface area contributed by atoms with Gasteiger partial charge in [-0.15, -0.1) is 0 Å². The van der Waals surface area contributed by atoms with Gasteiger partial charge in [0.1, 0.15) is 6.04 Å². The first kappa shape index (κ1) is 23.2. The Kier molecular flexibility index (Phi) is 7.29. The van der Waals surface area contributed by atoms with Gasteiger partial charge in [-0.05, 0) is 37.0 Å². The highest BCUT2D eigenvalue weighted by atomic mass is 32.2. The molecule has 0 spiro atoms. The highest BCUT2D eigenvalue weighted by Crippen LogP contribution is 2.28. The minimum atomic E-state index is -3.75. The zero-order valence-electron chi connectivity index (χ0n) is 17.6. The van der Waals surface area contributed by atoms with Crippen LogP contribution in [-0.4, -0.2) is 62.8 Å². The molecule has 1 atom stereocenters. The number of carbonyl (C=O) groups is 3. The normalized spacial score (nSPS) is 18.3. The van der Waals surface area contributed by atoms with Crippen LogP contribution in [-0.2, 0) is 24.3 Å². The average Bonchev–Trinajstić information content (AvgIpc) is 3.61. The van der Waals surface area contributed by atoms with Gasteiger partial charge in [0.25, 0.3) is 11.8 Å². The van der Waals surface area contributed by atoms with Crippen LogP contribution in [0.25, 0.3) is 0 Å². The third-order valence-corrected chi connectivity index (χ3v) is 7.09. The lowest BCUT2D eigenvalue weighted by Gasteiger charge is -2.26. The van der Waals surface area contributed by atoms with E-state index in [1.807, 2.05) is 0 Å². The number of carbonyl (C=O) groups excluding carboxylic acids is 3. The molecule has 0 radical (unpaired) electrons. The van der Waals surface area contributed by atoms with Crippen LogP contribution in [0.2, 0.25) is 0 Å². The Morgan fingerprint density at radius 2 is 1.77 bits per heavy atom. The summed E-state index contributed by atoms with van der Waals surface area (Å²) >= 11 is 0. The molecule has 2 aliphatic rings. The maximum Gasteiger partial charge on any atom is 0.261 e. The van der Waals surface area contributed by atoms with E-state index in [1.54, 1.807) is 13.8 Å². The lowest BCUT2D eigenvalue weighted by molar-refractivity contribution is -0.131. The van der Waals surface area contributed by atoms with E-state index in [-0.39, 0.29) is 41.3 Å². The van der Waals surface area contributed by atoms with Crippen LogP contribution in [0.1, 0.15) is 37.0 Å². The fourth-order valence-electron chi connectivity index (χ4n) is 3.14. The monoisotopic (exact) mass is 452 g/mol. The summed E-state index contributed by atoms with van der Waals surface area (Å²) in [7, 11) is -3.75. The van der Waals surface area contributed by atoms with Crippen LogP contribution in [0.15, 0.2) is 29.2 Å². The summed E-state index contributed by atoms with van der Waals surface area (Å²) in [4.78, 5) is 37.0. The fourth-order valence-corrected chi connectivity index (χ4v) is 4.60. The Balaban J connectivity index is 1.68. The average molecular weight is 453 g/mol. The maximum absolute atomic E-state index is 12.8. The number of morpholine rings is 1. The van der Waals surface area contributed by atoms with Crippen molar-refractivity contribution in [2.75, 3.05) is 26.3 Å². The van der Waals surface area contributed by atoms with Crippen molar-refractivity contribution in [2.24, 2.45) is 11.8 Å². The summed E-state index contributed by atoms with van der Waals surface area (Å²) < 4.78 is 32.2. The van der Waals surface area contributed by atoms with E-state index < -0.39 is 27.9 Å². The molecule has 0 unspecified atom stereocenters. The number of hydrazine groups is 1. The molecule has 3 amide bonds. The third-order valence-electron chi connectivity index (χ3n) is 5.20. The summed E-state index contributed by atoms with van der Waals surface area (Å²) in [6, 6.07) is 4.79. The van der Waals surface area contributed by atoms with Crippen LogP contribution in [0.5, 0.6) is 0 Å². The van der Waals surface area contributed by atoms with Crippen molar-refractivity contribution >= 4 is 27.7 Å². The van der Waals surface area contributed by atoms with Crippen LogP contribution >= 0.6 is 0 Å². The number of rotatable bonds is 7. The number of hydrogen-bond donors (Lipinski definition) is 3. The fraction of sp³-hybridized carbons (Fsp3) is 0.550. The van der Waals surface area contributed by atoms with Crippen LogP contribution in [0, 0.1) is 11.8 Å². The van der Waals surface area contributed by atoms with Crippen molar-refractivity contribution in [1.29, 1.82) is 0 Å². The first-order chi connectivity index (χ1) is 14.7. The van der Waals surface area contributed by atoms with Crippen LogP contribution in [0.4, 0.5) is 0 Å². The van der Waals surface area contributed by atoms with Gasteiger partial charge in [-0.2, -0.15) is 4.31 Å². The van der Waals surface area contributed by atoms with Gasteiger partial charge in [-0.1, -0.05) is 19.9 Å². The molecule has 3 rings (SSSR count). The number of benzene rings is 1. The SMILES string of the molecule is CC(C)[C@H](NC(=O)c1cccc(S(=O)(=O)N2CCOCC2)c1)C(=O)NNC(=O)C1CC1. The first-order valence-corrected chi connectivity index (χ1v) is 11.7.